The summed E-state index contributed by atoms with van der Waals surface area (Å²) in [7, 11) is 0. The number of nitrogens with one attached hydrogen (secondary N) is 1. The summed E-state index contributed by atoms with van der Waals surface area (Å²) < 4.78 is 41.0. The number of nitrogens with zero attached hydrogens (tertiary/aromatic N) is 3. The molecule has 1 fully saturated rings. The number of hydrogen-bond acceptors (Lipinski definition) is 4. The smallest absolute Gasteiger partial charge is 0.385 e. The van der Waals surface area contributed by atoms with Gasteiger partial charge in [-0.1, -0.05) is 29.8 Å². The molecule has 1 saturated carbocycles. The minimum absolute atomic E-state index is 0.0766. The first-order chi connectivity index (χ1) is 14.6. The van der Waals surface area contributed by atoms with Crippen LogP contribution in [0.5, 0.6) is 0 Å². The molecule has 0 spiro atoms. The van der Waals surface area contributed by atoms with Gasteiger partial charge in [-0.15, -0.1) is 0 Å². The minimum Gasteiger partial charge on any atom is -0.385 e. The van der Waals surface area contributed by atoms with Gasteiger partial charge in [0.15, 0.2) is 5.65 Å². The number of carbonyl (C=O) groups is 1. The van der Waals surface area contributed by atoms with Crippen LogP contribution >= 0.6 is 11.6 Å². The fourth-order valence-electron chi connectivity index (χ4n) is 3.69. The molecular weight excluding hydrogens is 433 g/mol. The summed E-state index contributed by atoms with van der Waals surface area (Å²) in [5.74, 6) is -0.427. The zero-order valence-corrected chi connectivity index (χ0v) is 17.3. The molecule has 2 heterocycles. The zero-order valence-electron chi connectivity index (χ0n) is 16.6. The molecule has 2 aromatic heterocycles. The average Bonchev–Trinajstić information content (AvgIpc) is 2.96. The standard InChI is InChI=1S/C21H20ClF3N4O2/c1-20(31,13-7-2-3-8-14(13)22)11-17(30)28-19-26-15-9-10-16(21(23,24)25)27-18(15)29(19)12-5-4-6-12/h2-3,7-10,12,31H,4-6,11H2,1H3,(H,26,28,30). The Bertz CT molecular complexity index is 1140. The van der Waals surface area contributed by atoms with Crippen molar-refractivity contribution < 1.29 is 23.1 Å². The van der Waals surface area contributed by atoms with Crippen molar-refractivity contribution in [2.45, 2.75) is 50.4 Å². The van der Waals surface area contributed by atoms with Gasteiger partial charge in [-0.25, -0.2) is 9.97 Å². The van der Waals surface area contributed by atoms with E-state index in [1.807, 2.05) is 0 Å². The molecule has 0 saturated heterocycles. The second-order valence-corrected chi connectivity index (χ2v) is 8.31. The number of imidazole rings is 1. The molecule has 10 heteroatoms. The van der Waals surface area contributed by atoms with E-state index in [9.17, 15) is 23.1 Å². The Morgan fingerprint density at radius 3 is 2.55 bits per heavy atom. The van der Waals surface area contributed by atoms with E-state index in [1.54, 1.807) is 28.8 Å². The van der Waals surface area contributed by atoms with Gasteiger partial charge in [-0.3, -0.25) is 14.7 Å². The fraction of sp³-hybridized carbons (Fsp3) is 0.381. The molecule has 1 atom stereocenters. The topological polar surface area (TPSA) is 80.0 Å². The Balaban J connectivity index is 1.64. The number of aromatic nitrogens is 3. The molecule has 1 aliphatic carbocycles. The van der Waals surface area contributed by atoms with E-state index >= 15 is 0 Å². The van der Waals surface area contributed by atoms with E-state index in [1.165, 1.54) is 13.0 Å². The van der Waals surface area contributed by atoms with Crippen molar-refractivity contribution in [1.29, 1.82) is 0 Å². The Labute approximate surface area is 181 Å². The summed E-state index contributed by atoms with van der Waals surface area (Å²) in [5, 5.41) is 13.8. The van der Waals surface area contributed by atoms with Crippen molar-refractivity contribution in [3.8, 4) is 0 Å². The van der Waals surface area contributed by atoms with Crippen LogP contribution in [0, 0.1) is 0 Å². The fourth-order valence-corrected chi connectivity index (χ4v) is 4.02. The summed E-state index contributed by atoms with van der Waals surface area (Å²) in [4.78, 5) is 20.8. The molecule has 4 rings (SSSR count). The number of amides is 1. The van der Waals surface area contributed by atoms with E-state index in [4.69, 9.17) is 11.6 Å². The van der Waals surface area contributed by atoms with Crippen LogP contribution in [0.4, 0.5) is 19.1 Å². The number of benzene rings is 1. The van der Waals surface area contributed by atoms with Gasteiger partial charge >= 0.3 is 6.18 Å². The summed E-state index contributed by atoms with van der Waals surface area (Å²) in [5.41, 5.74) is -1.83. The van der Waals surface area contributed by atoms with Crippen molar-refractivity contribution in [3.05, 3.63) is 52.7 Å². The van der Waals surface area contributed by atoms with Gasteiger partial charge in [-0.2, -0.15) is 13.2 Å². The molecule has 1 amide bonds. The number of rotatable bonds is 5. The SMILES string of the molecule is CC(O)(CC(=O)Nc1nc2ccc(C(F)(F)F)nc2n1C1CCC1)c1ccccc1Cl. The Morgan fingerprint density at radius 2 is 1.94 bits per heavy atom. The van der Waals surface area contributed by atoms with Gasteiger partial charge in [0.25, 0.3) is 0 Å². The minimum atomic E-state index is -4.58. The van der Waals surface area contributed by atoms with Crippen molar-refractivity contribution in [2.75, 3.05) is 5.32 Å². The summed E-state index contributed by atoms with van der Waals surface area (Å²) in [6, 6.07) is 8.67. The van der Waals surface area contributed by atoms with Crippen molar-refractivity contribution >= 4 is 34.6 Å². The van der Waals surface area contributed by atoms with E-state index < -0.39 is 23.4 Å². The van der Waals surface area contributed by atoms with Crippen molar-refractivity contribution in [3.63, 3.8) is 0 Å². The third kappa shape index (κ3) is 4.24. The summed E-state index contributed by atoms with van der Waals surface area (Å²) in [6.07, 6.45) is -2.46. The number of aliphatic hydroxyl groups is 1. The molecule has 1 aliphatic rings. The molecule has 2 N–H and O–H groups in total. The van der Waals surface area contributed by atoms with Crippen LogP contribution in [0.15, 0.2) is 36.4 Å². The lowest BCUT2D eigenvalue weighted by Gasteiger charge is -2.29. The molecule has 6 nitrogen and oxygen atoms in total. The van der Waals surface area contributed by atoms with E-state index in [-0.39, 0.29) is 29.6 Å². The first-order valence-corrected chi connectivity index (χ1v) is 10.2. The van der Waals surface area contributed by atoms with Crippen LogP contribution < -0.4 is 5.32 Å². The normalized spacial score (nSPS) is 16.7. The molecule has 31 heavy (non-hydrogen) atoms. The highest BCUT2D eigenvalue weighted by molar-refractivity contribution is 6.31. The number of fused-ring (bicyclic) bond motifs is 1. The third-order valence-electron chi connectivity index (χ3n) is 5.48. The second-order valence-electron chi connectivity index (χ2n) is 7.91. The third-order valence-corrected chi connectivity index (χ3v) is 5.81. The van der Waals surface area contributed by atoms with Crippen LogP contribution in [0.3, 0.4) is 0 Å². The lowest BCUT2D eigenvalue weighted by molar-refractivity contribution is -0.141. The van der Waals surface area contributed by atoms with E-state index in [2.05, 4.69) is 15.3 Å². The van der Waals surface area contributed by atoms with Crippen molar-refractivity contribution in [2.24, 2.45) is 0 Å². The van der Waals surface area contributed by atoms with E-state index in [0.29, 0.717) is 10.6 Å². The lowest BCUT2D eigenvalue weighted by atomic mass is 9.92. The molecule has 1 unspecified atom stereocenters. The molecule has 0 radical (unpaired) electrons. The summed E-state index contributed by atoms with van der Waals surface area (Å²) >= 11 is 6.14. The van der Waals surface area contributed by atoms with Crippen LogP contribution in [-0.4, -0.2) is 25.5 Å². The number of alkyl halides is 3. The van der Waals surface area contributed by atoms with Crippen LogP contribution in [0.2, 0.25) is 5.02 Å². The highest BCUT2D eigenvalue weighted by Crippen LogP contribution is 2.38. The molecular formula is C21H20ClF3N4O2. The number of hydrogen-bond donors (Lipinski definition) is 2. The summed E-state index contributed by atoms with van der Waals surface area (Å²) in [6.45, 7) is 1.47. The van der Waals surface area contributed by atoms with Crippen molar-refractivity contribution in [1.82, 2.24) is 14.5 Å². The molecule has 1 aromatic carbocycles. The van der Waals surface area contributed by atoms with E-state index in [0.717, 1.165) is 25.3 Å². The maximum absolute atomic E-state index is 13.1. The molecule has 164 valence electrons. The first kappa shape index (κ1) is 21.6. The van der Waals surface area contributed by atoms with Gasteiger partial charge in [0, 0.05) is 16.6 Å². The lowest BCUT2D eigenvalue weighted by Crippen LogP contribution is -2.30. The molecule has 0 bridgehead atoms. The first-order valence-electron chi connectivity index (χ1n) is 9.80. The predicted molar refractivity (Wildman–Crippen MR) is 110 cm³/mol. The number of pyridine rings is 1. The van der Waals surface area contributed by atoms with Crippen LogP contribution in [0.1, 0.15) is 49.9 Å². The van der Waals surface area contributed by atoms with Gasteiger partial charge in [0.1, 0.15) is 11.2 Å². The predicted octanol–water partition coefficient (Wildman–Crippen LogP) is 5.06. The quantitative estimate of drug-likeness (QED) is 0.566. The largest absolute Gasteiger partial charge is 0.433 e. The number of anilines is 1. The average molecular weight is 453 g/mol. The number of halogens is 4. The molecule has 3 aromatic rings. The Kier molecular flexibility index (Phi) is 5.43. The highest BCUT2D eigenvalue weighted by atomic mass is 35.5. The van der Waals surface area contributed by atoms with Gasteiger partial charge in [-0.05, 0) is 44.4 Å². The van der Waals surface area contributed by atoms with Gasteiger partial charge < -0.3 is 5.11 Å². The van der Waals surface area contributed by atoms with Gasteiger partial charge in [0.2, 0.25) is 11.9 Å². The second kappa shape index (κ2) is 7.80. The van der Waals surface area contributed by atoms with Crippen LogP contribution in [-0.2, 0) is 16.6 Å². The zero-order chi connectivity index (χ0) is 22.4. The van der Waals surface area contributed by atoms with Gasteiger partial charge in [0.05, 0.1) is 12.0 Å². The Hall–Kier alpha value is -2.65. The number of carbonyl (C=O) groups excluding carboxylic acids is 1. The molecule has 0 aliphatic heterocycles. The Morgan fingerprint density at radius 1 is 1.23 bits per heavy atom. The van der Waals surface area contributed by atoms with Crippen LogP contribution in [0.25, 0.3) is 11.2 Å². The monoisotopic (exact) mass is 452 g/mol. The highest BCUT2D eigenvalue weighted by Gasteiger charge is 2.35. The maximum Gasteiger partial charge on any atom is 0.433 e. The maximum atomic E-state index is 13.1.